The smallest absolute Gasteiger partial charge is 0.311 e. The molecule has 0 bridgehead atoms. The molecule has 0 N–H and O–H groups in total. The van der Waals surface area contributed by atoms with Crippen molar-refractivity contribution in [3.05, 3.63) is 48.5 Å². The molecule has 2 aliphatic carbocycles. The molecule has 0 radical (unpaired) electrons. The largest absolute Gasteiger partial charge is 0.462 e. The summed E-state index contributed by atoms with van der Waals surface area (Å²) in [5.41, 5.74) is 1.78. The Kier molecular flexibility index (Phi) is 11.1. The van der Waals surface area contributed by atoms with Gasteiger partial charge in [-0.1, -0.05) is 37.1 Å². The lowest BCUT2D eigenvalue weighted by atomic mass is 9.98. The molecule has 0 aromatic heterocycles. The van der Waals surface area contributed by atoms with Crippen LogP contribution in [0.1, 0.15) is 89.9 Å². The van der Waals surface area contributed by atoms with E-state index in [4.69, 9.17) is 18.9 Å². The molecule has 0 amide bonds. The fourth-order valence-corrected chi connectivity index (χ4v) is 5.06. The van der Waals surface area contributed by atoms with Gasteiger partial charge in [-0.3, -0.25) is 19.2 Å². The standard InChI is InChI=1S/C32H38O8/c33-29(37-25-7-3-1-4-8-25)19-21-31(35)39-27-15-11-23(12-16-27)24-13-17-28(18-14-24)40-32(36)22-20-30(34)38-26-9-5-2-6-10-26/h11-18,25-26H,1-10,19-22H2. The summed E-state index contributed by atoms with van der Waals surface area (Å²) < 4.78 is 21.6. The lowest BCUT2D eigenvalue weighted by Gasteiger charge is -2.21. The van der Waals surface area contributed by atoms with Gasteiger partial charge in [0.2, 0.25) is 0 Å². The van der Waals surface area contributed by atoms with Gasteiger partial charge in [0, 0.05) is 0 Å². The number of carbonyl (C=O) groups excluding carboxylic acids is 4. The number of hydrogen-bond acceptors (Lipinski definition) is 8. The predicted octanol–water partition coefficient (Wildman–Crippen LogP) is 6.48. The zero-order valence-electron chi connectivity index (χ0n) is 22.9. The zero-order chi connectivity index (χ0) is 28.2. The maximum atomic E-state index is 12.2. The van der Waals surface area contributed by atoms with Crippen LogP contribution in [-0.4, -0.2) is 36.1 Å². The molecule has 8 nitrogen and oxygen atoms in total. The third-order valence-electron chi connectivity index (χ3n) is 7.27. The van der Waals surface area contributed by atoms with E-state index in [-0.39, 0.29) is 49.8 Å². The minimum atomic E-state index is -0.484. The SMILES string of the molecule is O=C(CCC(=O)OC1CCCCC1)Oc1ccc(-c2ccc(OC(=O)CCC(=O)OC3CCCCC3)cc2)cc1. The van der Waals surface area contributed by atoms with E-state index in [1.807, 2.05) is 24.3 Å². The minimum absolute atomic E-state index is 0.00882. The van der Waals surface area contributed by atoms with E-state index >= 15 is 0 Å². The van der Waals surface area contributed by atoms with Gasteiger partial charge in [-0.15, -0.1) is 0 Å². The van der Waals surface area contributed by atoms with Crippen molar-refractivity contribution in [3.8, 4) is 22.6 Å². The quantitative estimate of drug-likeness (QED) is 0.231. The van der Waals surface area contributed by atoms with Crippen LogP contribution in [-0.2, 0) is 28.7 Å². The highest BCUT2D eigenvalue weighted by atomic mass is 16.6. The first kappa shape index (κ1) is 29.3. The summed E-state index contributed by atoms with van der Waals surface area (Å²) in [6.07, 6.45) is 10.2. The molecular formula is C32H38O8. The van der Waals surface area contributed by atoms with Crippen LogP contribution in [0.4, 0.5) is 0 Å². The van der Waals surface area contributed by atoms with Crippen molar-refractivity contribution in [1.82, 2.24) is 0 Å². The number of hydrogen-bond donors (Lipinski definition) is 0. The van der Waals surface area contributed by atoms with Crippen LogP contribution < -0.4 is 9.47 Å². The van der Waals surface area contributed by atoms with Crippen molar-refractivity contribution in [2.24, 2.45) is 0 Å². The molecule has 0 spiro atoms. The molecule has 8 heteroatoms. The Labute approximate surface area is 235 Å². The third-order valence-corrected chi connectivity index (χ3v) is 7.27. The fraction of sp³-hybridized carbons (Fsp3) is 0.500. The van der Waals surface area contributed by atoms with E-state index in [0.717, 1.165) is 62.5 Å². The van der Waals surface area contributed by atoms with Crippen LogP contribution in [0.2, 0.25) is 0 Å². The molecule has 40 heavy (non-hydrogen) atoms. The average Bonchev–Trinajstić information content (AvgIpc) is 2.97. The van der Waals surface area contributed by atoms with Gasteiger partial charge in [0.05, 0.1) is 25.7 Å². The monoisotopic (exact) mass is 550 g/mol. The Hall–Kier alpha value is -3.68. The van der Waals surface area contributed by atoms with Gasteiger partial charge in [-0.2, -0.15) is 0 Å². The van der Waals surface area contributed by atoms with Crippen molar-refractivity contribution in [3.63, 3.8) is 0 Å². The van der Waals surface area contributed by atoms with Crippen LogP contribution in [0.5, 0.6) is 11.5 Å². The van der Waals surface area contributed by atoms with Crippen LogP contribution in [0.15, 0.2) is 48.5 Å². The number of ether oxygens (including phenoxy) is 4. The van der Waals surface area contributed by atoms with Crippen molar-refractivity contribution < 1.29 is 38.1 Å². The highest BCUT2D eigenvalue weighted by Crippen LogP contribution is 2.26. The van der Waals surface area contributed by atoms with Gasteiger partial charge in [-0.05, 0) is 86.8 Å². The summed E-state index contributed by atoms with van der Waals surface area (Å²) in [7, 11) is 0. The first-order chi connectivity index (χ1) is 19.4. The first-order valence-corrected chi connectivity index (χ1v) is 14.5. The summed E-state index contributed by atoms with van der Waals surface area (Å²) in [4.78, 5) is 48.3. The molecular weight excluding hydrogens is 512 g/mol. The van der Waals surface area contributed by atoms with Crippen molar-refractivity contribution in [2.75, 3.05) is 0 Å². The van der Waals surface area contributed by atoms with Crippen molar-refractivity contribution >= 4 is 23.9 Å². The molecule has 4 rings (SSSR count). The second kappa shape index (κ2) is 15.2. The van der Waals surface area contributed by atoms with E-state index < -0.39 is 11.9 Å². The zero-order valence-corrected chi connectivity index (χ0v) is 22.9. The van der Waals surface area contributed by atoms with Crippen LogP contribution in [0, 0.1) is 0 Å². The first-order valence-electron chi connectivity index (χ1n) is 14.5. The molecule has 0 unspecified atom stereocenters. The molecule has 0 heterocycles. The summed E-state index contributed by atoms with van der Waals surface area (Å²) in [5, 5.41) is 0. The summed E-state index contributed by atoms with van der Waals surface area (Å²) in [6, 6.07) is 14.0. The molecule has 0 atom stereocenters. The number of carbonyl (C=O) groups is 4. The molecule has 0 saturated heterocycles. The molecule has 2 fully saturated rings. The Morgan fingerprint density at radius 2 is 0.800 bits per heavy atom. The van der Waals surface area contributed by atoms with Gasteiger partial charge < -0.3 is 18.9 Å². The lowest BCUT2D eigenvalue weighted by molar-refractivity contribution is -0.153. The Morgan fingerprint density at radius 1 is 0.475 bits per heavy atom. The minimum Gasteiger partial charge on any atom is -0.462 e. The van der Waals surface area contributed by atoms with E-state index in [2.05, 4.69) is 0 Å². The maximum absolute atomic E-state index is 12.2. The van der Waals surface area contributed by atoms with Crippen LogP contribution in [0.25, 0.3) is 11.1 Å². The molecule has 214 valence electrons. The predicted molar refractivity (Wildman–Crippen MR) is 148 cm³/mol. The Bertz CT molecular complexity index is 1040. The number of rotatable bonds is 11. The van der Waals surface area contributed by atoms with Gasteiger partial charge in [-0.25, -0.2) is 0 Å². The lowest BCUT2D eigenvalue weighted by Crippen LogP contribution is -2.21. The van der Waals surface area contributed by atoms with Crippen LogP contribution >= 0.6 is 0 Å². The Morgan fingerprint density at radius 3 is 1.15 bits per heavy atom. The van der Waals surface area contributed by atoms with Gasteiger partial charge >= 0.3 is 23.9 Å². The Balaban J connectivity index is 1.16. The molecule has 2 aliphatic rings. The molecule has 2 aromatic rings. The number of esters is 4. The van der Waals surface area contributed by atoms with Gasteiger partial charge in [0.25, 0.3) is 0 Å². The summed E-state index contributed by atoms with van der Waals surface area (Å²) in [6.45, 7) is 0. The van der Waals surface area contributed by atoms with E-state index in [0.29, 0.717) is 11.5 Å². The van der Waals surface area contributed by atoms with E-state index in [1.165, 1.54) is 12.8 Å². The van der Waals surface area contributed by atoms with Crippen molar-refractivity contribution in [1.29, 1.82) is 0 Å². The van der Waals surface area contributed by atoms with E-state index in [9.17, 15) is 19.2 Å². The third kappa shape index (κ3) is 9.81. The average molecular weight is 551 g/mol. The summed E-state index contributed by atoms with van der Waals surface area (Å²) >= 11 is 0. The topological polar surface area (TPSA) is 105 Å². The second-order valence-electron chi connectivity index (χ2n) is 10.5. The fourth-order valence-electron chi connectivity index (χ4n) is 5.06. The highest BCUT2D eigenvalue weighted by Gasteiger charge is 2.20. The number of benzene rings is 2. The maximum Gasteiger partial charge on any atom is 0.311 e. The van der Waals surface area contributed by atoms with Crippen molar-refractivity contribution in [2.45, 2.75) is 102 Å². The second-order valence-corrected chi connectivity index (χ2v) is 10.5. The van der Waals surface area contributed by atoms with Gasteiger partial charge in [0.15, 0.2) is 0 Å². The summed E-state index contributed by atoms with van der Waals surface area (Å²) in [5.74, 6) is -0.900. The molecule has 2 saturated carbocycles. The van der Waals surface area contributed by atoms with E-state index in [1.54, 1.807) is 24.3 Å². The molecule has 0 aliphatic heterocycles. The normalized spacial score (nSPS) is 16.1. The highest BCUT2D eigenvalue weighted by molar-refractivity contribution is 5.80. The molecule has 2 aromatic carbocycles. The van der Waals surface area contributed by atoms with Crippen LogP contribution in [0.3, 0.4) is 0 Å². The van der Waals surface area contributed by atoms with Gasteiger partial charge in [0.1, 0.15) is 23.7 Å².